The third kappa shape index (κ3) is 4.84. The molecule has 0 radical (unpaired) electrons. The molecule has 1 saturated heterocycles. The Morgan fingerprint density at radius 3 is 2.66 bits per heavy atom. The molecule has 0 spiro atoms. The number of amides is 2. The molecule has 3 heterocycles. The van der Waals surface area contributed by atoms with E-state index in [1.807, 2.05) is 43.3 Å². The van der Waals surface area contributed by atoms with Crippen LogP contribution in [-0.2, 0) is 34.7 Å². The number of rotatable bonds is 10. The van der Waals surface area contributed by atoms with E-state index in [0.29, 0.717) is 42.1 Å². The number of benzene rings is 2. The van der Waals surface area contributed by atoms with Crippen molar-refractivity contribution < 1.29 is 19.8 Å². The maximum atomic E-state index is 13.7. The van der Waals surface area contributed by atoms with Crippen molar-refractivity contribution in [1.29, 1.82) is 0 Å². The number of aliphatic hydroxyl groups is 2. The monoisotopic (exact) mass is 535 g/mol. The van der Waals surface area contributed by atoms with Crippen molar-refractivity contribution >= 4 is 34.8 Å². The molecule has 2 aromatic carbocycles. The molecule has 2 N–H and O–H groups in total. The molecule has 198 valence electrons. The number of allylic oxidation sites excluding steroid dienone is 1. The Bertz CT molecular complexity index is 1370. The Morgan fingerprint density at radius 1 is 1.18 bits per heavy atom. The smallest absolute Gasteiger partial charge is 0.264 e. The zero-order chi connectivity index (χ0) is 26.9. The molecule has 38 heavy (non-hydrogen) atoms. The standard InChI is InChI=1S/C28H30ClN5O4/c1-19(4-2-3-13-32-18-22(12-15-35)30-31-32)28(38)24-16-21(29)7-10-25(24)34(27(28)37)17-20-5-8-23(9-6-20)33-14-11-26(33)36/h2,4-10,16,18-19,35,38H,3,11-15,17H2,1H3/b4-2+/t19-,28+/m1/s1. The first-order valence-corrected chi connectivity index (χ1v) is 13.1. The number of aryl methyl sites for hydroxylation is 1. The highest BCUT2D eigenvalue weighted by molar-refractivity contribution is 6.31. The predicted molar refractivity (Wildman–Crippen MR) is 144 cm³/mol. The van der Waals surface area contributed by atoms with Gasteiger partial charge >= 0.3 is 0 Å². The SMILES string of the molecule is C[C@H](/C=C/CCn1cc(CCO)nn1)[C@@]1(O)C(=O)N(Cc2ccc(N3CCC3=O)cc2)c2ccc(Cl)cc21. The molecule has 0 aliphatic carbocycles. The van der Waals surface area contributed by atoms with Gasteiger partial charge in [-0.2, -0.15) is 0 Å². The van der Waals surface area contributed by atoms with Crippen LogP contribution in [0.2, 0.25) is 5.02 Å². The molecule has 2 atom stereocenters. The van der Waals surface area contributed by atoms with Crippen molar-refractivity contribution in [2.24, 2.45) is 5.92 Å². The second-order valence-electron chi connectivity index (χ2n) is 9.73. The van der Waals surface area contributed by atoms with Gasteiger partial charge in [-0.15, -0.1) is 5.10 Å². The Hall–Kier alpha value is -3.53. The van der Waals surface area contributed by atoms with Crippen LogP contribution in [-0.4, -0.2) is 50.2 Å². The fourth-order valence-electron chi connectivity index (χ4n) is 4.95. The summed E-state index contributed by atoms with van der Waals surface area (Å²) in [5.74, 6) is -0.810. The van der Waals surface area contributed by atoms with E-state index in [9.17, 15) is 14.7 Å². The van der Waals surface area contributed by atoms with Crippen LogP contribution in [0, 0.1) is 5.92 Å². The molecule has 10 heteroatoms. The van der Waals surface area contributed by atoms with E-state index in [4.69, 9.17) is 16.7 Å². The lowest BCUT2D eigenvalue weighted by atomic mass is 9.83. The Morgan fingerprint density at radius 2 is 1.97 bits per heavy atom. The normalized spacial score (nSPS) is 19.8. The lowest BCUT2D eigenvalue weighted by Gasteiger charge is -2.31. The second kappa shape index (κ2) is 10.7. The number of aromatic nitrogens is 3. The first kappa shape index (κ1) is 26.1. The van der Waals surface area contributed by atoms with E-state index in [1.54, 1.807) is 38.9 Å². The molecule has 2 aliphatic heterocycles. The van der Waals surface area contributed by atoms with Gasteiger partial charge in [0.25, 0.3) is 5.91 Å². The van der Waals surface area contributed by atoms with Crippen molar-refractivity contribution in [3.8, 4) is 0 Å². The number of nitrogens with zero attached hydrogens (tertiary/aromatic N) is 5. The molecular formula is C28H30ClN5O4. The van der Waals surface area contributed by atoms with Crippen LogP contribution in [0.25, 0.3) is 0 Å². The average molecular weight is 536 g/mol. The summed E-state index contributed by atoms with van der Waals surface area (Å²) in [6, 6.07) is 12.7. The molecule has 0 saturated carbocycles. The summed E-state index contributed by atoms with van der Waals surface area (Å²) in [6.45, 7) is 3.43. The zero-order valence-corrected chi connectivity index (χ0v) is 21.9. The summed E-state index contributed by atoms with van der Waals surface area (Å²) in [5.41, 5.74) is 1.81. The van der Waals surface area contributed by atoms with Crippen LogP contribution in [0.4, 0.5) is 11.4 Å². The molecule has 0 bridgehead atoms. The molecule has 1 aromatic heterocycles. The Balaban J connectivity index is 1.31. The van der Waals surface area contributed by atoms with Crippen molar-refractivity contribution in [3.05, 3.63) is 82.7 Å². The van der Waals surface area contributed by atoms with Crippen molar-refractivity contribution in [2.75, 3.05) is 23.0 Å². The maximum absolute atomic E-state index is 13.7. The molecule has 5 rings (SSSR count). The summed E-state index contributed by atoms with van der Waals surface area (Å²) in [7, 11) is 0. The fourth-order valence-corrected chi connectivity index (χ4v) is 5.12. The zero-order valence-electron chi connectivity index (χ0n) is 21.1. The highest BCUT2D eigenvalue weighted by Crippen LogP contribution is 2.46. The van der Waals surface area contributed by atoms with Gasteiger partial charge in [0, 0.05) is 60.9 Å². The van der Waals surface area contributed by atoms with E-state index in [2.05, 4.69) is 10.3 Å². The largest absolute Gasteiger partial charge is 0.396 e. The van der Waals surface area contributed by atoms with Gasteiger partial charge in [-0.05, 0) is 42.3 Å². The summed E-state index contributed by atoms with van der Waals surface area (Å²) in [4.78, 5) is 28.8. The van der Waals surface area contributed by atoms with Gasteiger partial charge in [0.1, 0.15) is 0 Å². The van der Waals surface area contributed by atoms with E-state index in [-0.39, 0.29) is 19.1 Å². The van der Waals surface area contributed by atoms with E-state index < -0.39 is 17.4 Å². The van der Waals surface area contributed by atoms with Crippen LogP contribution in [0.5, 0.6) is 0 Å². The van der Waals surface area contributed by atoms with Crippen LogP contribution in [0.3, 0.4) is 0 Å². The molecule has 0 unspecified atom stereocenters. The topological polar surface area (TPSA) is 112 Å². The van der Waals surface area contributed by atoms with Gasteiger partial charge < -0.3 is 20.0 Å². The second-order valence-corrected chi connectivity index (χ2v) is 10.2. The van der Waals surface area contributed by atoms with Crippen molar-refractivity contribution in [1.82, 2.24) is 15.0 Å². The van der Waals surface area contributed by atoms with Crippen LogP contribution < -0.4 is 9.80 Å². The third-order valence-corrected chi connectivity index (χ3v) is 7.47. The number of β-lactam (4-membered cyclic amide) rings is 1. The minimum atomic E-state index is -1.76. The number of hydrogen-bond acceptors (Lipinski definition) is 6. The Labute approximate surface area is 225 Å². The molecular weight excluding hydrogens is 506 g/mol. The highest BCUT2D eigenvalue weighted by Gasteiger charge is 2.52. The minimum absolute atomic E-state index is 0.0240. The van der Waals surface area contributed by atoms with Gasteiger partial charge in [0.15, 0.2) is 5.60 Å². The summed E-state index contributed by atoms with van der Waals surface area (Å²) in [5, 5.41) is 29.4. The van der Waals surface area contributed by atoms with Gasteiger partial charge in [-0.25, -0.2) is 0 Å². The minimum Gasteiger partial charge on any atom is -0.396 e. The third-order valence-electron chi connectivity index (χ3n) is 7.23. The molecule has 2 amide bonds. The lowest BCUT2D eigenvalue weighted by molar-refractivity contribution is -0.139. The van der Waals surface area contributed by atoms with E-state index in [0.717, 1.165) is 23.5 Å². The summed E-state index contributed by atoms with van der Waals surface area (Å²) >= 11 is 6.29. The van der Waals surface area contributed by atoms with Crippen LogP contribution >= 0.6 is 11.6 Å². The number of aliphatic hydroxyl groups excluding tert-OH is 1. The highest BCUT2D eigenvalue weighted by atomic mass is 35.5. The van der Waals surface area contributed by atoms with Gasteiger partial charge in [-0.3, -0.25) is 14.3 Å². The van der Waals surface area contributed by atoms with Crippen LogP contribution in [0.15, 0.2) is 60.8 Å². The predicted octanol–water partition coefficient (Wildman–Crippen LogP) is 3.22. The first-order chi connectivity index (χ1) is 18.3. The number of hydrogen-bond donors (Lipinski definition) is 2. The average Bonchev–Trinajstić information content (AvgIpc) is 3.43. The Kier molecular flexibility index (Phi) is 7.34. The van der Waals surface area contributed by atoms with Crippen molar-refractivity contribution in [3.63, 3.8) is 0 Å². The van der Waals surface area contributed by atoms with E-state index in [1.165, 1.54) is 0 Å². The molecule has 1 fully saturated rings. The maximum Gasteiger partial charge on any atom is 0.264 e. The number of halogens is 1. The fraction of sp³-hybridized carbons (Fsp3) is 0.357. The van der Waals surface area contributed by atoms with Gasteiger partial charge in [0.2, 0.25) is 5.91 Å². The van der Waals surface area contributed by atoms with E-state index >= 15 is 0 Å². The number of fused-ring (bicyclic) bond motifs is 1. The number of carbonyl (C=O) groups is 2. The molecule has 9 nitrogen and oxygen atoms in total. The summed E-state index contributed by atoms with van der Waals surface area (Å²) in [6.07, 6.45) is 7.23. The van der Waals surface area contributed by atoms with Gasteiger partial charge in [0.05, 0.1) is 17.9 Å². The summed E-state index contributed by atoms with van der Waals surface area (Å²) < 4.78 is 1.70. The van der Waals surface area contributed by atoms with Crippen molar-refractivity contribution in [2.45, 2.75) is 44.9 Å². The quantitative estimate of drug-likeness (QED) is 0.304. The van der Waals surface area contributed by atoms with Gasteiger partial charge in [-0.1, -0.05) is 48.0 Å². The lowest BCUT2D eigenvalue weighted by Crippen LogP contribution is -2.44. The first-order valence-electron chi connectivity index (χ1n) is 12.7. The molecule has 2 aliphatic rings. The number of anilines is 2. The van der Waals surface area contributed by atoms with Crippen LogP contribution in [0.1, 0.15) is 36.6 Å². The molecule has 3 aromatic rings. The number of carbonyl (C=O) groups excluding carboxylic acids is 2.